The van der Waals surface area contributed by atoms with Crippen LogP contribution in [0.1, 0.15) is 23.1 Å². The van der Waals surface area contributed by atoms with Gasteiger partial charge in [0.25, 0.3) is 0 Å². The van der Waals surface area contributed by atoms with Gasteiger partial charge < -0.3 is 10.4 Å². The summed E-state index contributed by atoms with van der Waals surface area (Å²) < 4.78 is 0. The van der Waals surface area contributed by atoms with E-state index in [1.165, 1.54) is 16.7 Å². The Morgan fingerprint density at radius 3 is 3.07 bits per heavy atom. The standard InChI is InChI=1S/C12H17NO/c14-7-1-2-10-3-4-12-9-13-6-5-11(12)8-10/h3-4,8,13-14H,1-2,5-7,9H2. The molecule has 0 saturated heterocycles. The van der Waals surface area contributed by atoms with Crippen LogP contribution in [0.3, 0.4) is 0 Å². The number of hydrogen-bond donors (Lipinski definition) is 2. The van der Waals surface area contributed by atoms with E-state index in [1.807, 2.05) is 0 Å². The lowest BCUT2D eigenvalue weighted by atomic mass is 9.97. The van der Waals surface area contributed by atoms with Gasteiger partial charge in [0.1, 0.15) is 0 Å². The van der Waals surface area contributed by atoms with Crippen LogP contribution in [-0.4, -0.2) is 18.3 Å². The summed E-state index contributed by atoms with van der Waals surface area (Å²) in [4.78, 5) is 0. The minimum Gasteiger partial charge on any atom is -0.396 e. The van der Waals surface area contributed by atoms with E-state index in [4.69, 9.17) is 5.11 Å². The average Bonchev–Trinajstić information content (AvgIpc) is 2.26. The molecule has 0 radical (unpaired) electrons. The lowest BCUT2D eigenvalue weighted by molar-refractivity contribution is 0.288. The highest BCUT2D eigenvalue weighted by Gasteiger charge is 2.08. The zero-order valence-electron chi connectivity index (χ0n) is 8.42. The van der Waals surface area contributed by atoms with Crippen LogP contribution < -0.4 is 5.32 Å². The molecule has 2 rings (SSSR count). The molecule has 0 spiro atoms. The van der Waals surface area contributed by atoms with Gasteiger partial charge in [-0.2, -0.15) is 0 Å². The van der Waals surface area contributed by atoms with E-state index in [2.05, 4.69) is 23.5 Å². The van der Waals surface area contributed by atoms with E-state index in [0.29, 0.717) is 6.61 Å². The number of aliphatic hydroxyl groups is 1. The molecular weight excluding hydrogens is 174 g/mol. The number of nitrogens with one attached hydrogen (secondary N) is 1. The Morgan fingerprint density at radius 1 is 1.29 bits per heavy atom. The molecule has 1 aliphatic heterocycles. The van der Waals surface area contributed by atoms with E-state index >= 15 is 0 Å². The fraction of sp³-hybridized carbons (Fsp3) is 0.500. The zero-order chi connectivity index (χ0) is 9.80. The molecule has 0 aliphatic carbocycles. The number of rotatable bonds is 3. The predicted molar refractivity (Wildman–Crippen MR) is 57.3 cm³/mol. The van der Waals surface area contributed by atoms with Gasteiger partial charge in [-0.15, -0.1) is 0 Å². The summed E-state index contributed by atoms with van der Waals surface area (Å²) in [5, 5.41) is 12.1. The molecule has 0 fully saturated rings. The van der Waals surface area contributed by atoms with Crippen molar-refractivity contribution < 1.29 is 5.11 Å². The van der Waals surface area contributed by atoms with Crippen molar-refractivity contribution >= 4 is 0 Å². The van der Waals surface area contributed by atoms with Crippen molar-refractivity contribution in [2.45, 2.75) is 25.8 Å². The fourth-order valence-corrected chi connectivity index (χ4v) is 1.97. The first-order valence-electron chi connectivity index (χ1n) is 5.32. The lowest BCUT2D eigenvalue weighted by Gasteiger charge is -2.17. The summed E-state index contributed by atoms with van der Waals surface area (Å²) in [5.74, 6) is 0. The molecule has 2 nitrogen and oxygen atoms in total. The molecule has 0 amide bonds. The van der Waals surface area contributed by atoms with Crippen molar-refractivity contribution in [3.8, 4) is 0 Å². The normalized spacial score (nSPS) is 15.2. The Labute approximate surface area is 85.0 Å². The third-order valence-electron chi connectivity index (χ3n) is 2.78. The van der Waals surface area contributed by atoms with E-state index in [-0.39, 0.29) is 0 Å². The summed E-state index contributed by atoms with van der Waals surface area (Å²) in [6.45, 7) is 2.39. The Morgan fingerprint density at radius 2 is 2.21 bits per heavy atom. The van der Waals surface area contributed by atoms with Crippen molar-refractivity contribution in [1.29, 1.82) is 0 Å². The highest BCUT2D eigenvalue weighted by atomic mass is 16.2. The summed E-state index contributed by atoms with van der Waals surface area (Å²) in [7, 11) is 0. The van der Waals surface area contributed by atoms with Crippen LogP contribution in [0.5, 0.6) is 0 Å². The maximum absolute atomic E-state index is 8.76. The Balaban J connectivity index is 2.12. The summed E-state index contributed by atoms with van der Waals surface area (Å²) >= 11 is 0. The molecule has 2 heteroatoms. The second-order valence-electron chi connectivity index (χ2n) is 3.86. The highest BCUT2D eigenvalue weighted by molar-refractivity contribution is 5.33. The SMILES string of the molecule is OCCCc1ccc2c(c1)CCNC2. The van der Waals surface area contributed by atoms with E-state index < -0.39 is 0 Å². The fourth-order valence-electron chi connectivity index (χ4n) is 1.97. The molecule has 76 valence electrons. The molecule has 1 heterocycles. The molecule has 2 N–H and O–H groups in total. The summed E-state index contributed by atoms with van der Waals surface area (Å²) in [6.07, 6.45) is 3.01. The lowest BCUT2D eigenvalue weighted by Crippen LogP contribution is -2.23. The first-order chi connectivity index (χ1) is 6.90. The highest BCUT2D eigenvalue weighted by Crippen LogP contribution is 2.16. The maximum atomic E-state index is 8.76. The topological polar surface area (TPSA) is 32.3 Å². The smallest absolute Gasteiger partial charge is 0.0434 e. The van der Waals surface area contributed by atoms with E-state index in [1.54, 1.807) is 0 Å². The Kier molecular flexibility index (Phi) is 3.17. The average molecular weight is 191 g/mol. The van der Waals surface area contributed by atoms with Crippen LogP contribution in [0.25, 0.3) is 0 Å². The minimum absolute atomic E-state index is 0.290. The van der Waals surface area contributed by atoms with Gasteiger partial charge in [0.05, 0.1) is 0 Å². The molecular formula is C12H17NO. The van der Waals surface area contributed by atoms with Gasteiger partial charge in [-0.05, 0) is 42.5 Å². The number of hydrogen-bond acceptors (Lipinski definition) is 2. The van der Waals surface area contributed by atoms with Crippen molar-refractivity contribution in [2.75, 3.05) is 13.2 Å². The van der Waals surface area contributed by atoms with Gasteiger partial charge >= 0.3 is 0 Å². The van der Waals surface area contributed by atoms with Crippen LogP contribution in [-0.2, 0) is 19.4 Å². The van der Waals surface area contributed by atoms with E-state index in [9.17, 15) is 0 Å². The largest absolute Gasteiger partial charge is 0.396 e. The predicted octanol–water partition coefficient (Wildman–Crippen LogP) is 1.26. The third-order valence-corrected chi connectivity index (χ3v) is 2.78. The molecule has 0 unspecified atom stereocenters. The molecule has 0 atom stereocenters. The number of aryl methyl sites for hydroxylation is 1. The van der Waals surface area contributed by atoms with Gasteiger partial charge in [-0.25, -0.2) is 0 Å². The van der Waals surface area contributed by atoms with Crippen molar-refractivity contribution in [2.24, 2.45) is 0 Å². The second-order valence-corrected chi connectivity index (χ2v) is 3.86. The Bertz CT molecular complexity index is 309. The van der Waals surface area contributed by atoms with Crippen molar-refractivity contribution in [3.63, 3.8) is 0 Å². The van der Waals surface area contributed by atoms with Gasteiger partial charge in [-0.3, -0.25) is 0 Å². The van der Waals surface area contributed by atoms with Gasteiger partial charge in [0, 0.05) is 13.2 Å². The summed E-state index contributed by atoms with van der Waals surface area (Å²) in [5.41, 5.74) is 4.28. The number of aliphatic hydroxyl groups excluding tert-OH is 1. The molecule has 0 bridgehead atoms. The molecule has 1 aliphatic rings. The van der Waals surface area contributed by atoms with E-state index in [0.717, 1.165) is 32.4 Å². The van der Waals surface area contributed by atoms with Crippen LogP contribution in [0.2, 0.25) is 0 Å². The minimum atomic E-state index is 0.290. The number of fused-ring (bicyclic) bond motifs is 1. The number of benzene rings is 1. The van der Waals surface area contributed by atoms with Crippen LogP contribution >= 0.6 is 0 Å². The first-order valence-corrected chi connectivity index (χ1v) is 5.32. The van der Waals surface area contributed by atoms with Crippen molar-refractivity contribution in [1.82, 2.24) is 5.32 Å². The van der Waals surface area contributed by atoms with Crippen LogP contribution in [0, 0.1) is 0 Å². The maximum Gasteiger partial charge on any atom is 0.0434 e. The monoisotopic (exact) mass is 191 g/mol. The molecule has 1 aromatic carbocycles. The van der Waals surface area contributed by atoms with Gasteiger partial charge in [-0.1, -0.05) is 18.2 Å². The van der Waals surface area contributed by atoms with Gasteiger partial charge in [0.2, 0.25) is 0 Å². The molecule has 0 aromatic heterocycles. The van der Waals surface area contributed by atoms with Crippen LogP contribution in [0.4, 0.5) is 0 Å². The van der Waals surface area contributed by atoms with Gasteiger partial charge in [0.15, 0.2) is 0 Å². The molecule has 0 saturated carbocycles. The second kappa shape index (κ2) is 4.58. The molecule has 1 aromatic rings. The van der Waals surface area contributed by atoms with Crippen molar-refractivity contribution in [3.05, 3.63) is 34.9 Å². The summed E-state index contributed by atoms with van der Waals surface area (Å²) in [6, 6.07) is 6.70. The zero-order valence-corrected chi connectivity index (χ0v) is 8.42. The third kappa shape index (κ3) is 2.14. The Hall–Kier alpha value is -0.860. The first kappa shape index (κ1) is 9.69. The molecule has 14 heavy (non-hydrogen) atoms. The quantitative estimate of drug-likeness (QED) is 0.754. The van der Waals surface area contributed by atoms with Crippen LogP contribution in [0.15, 0.2) is 18.2 Å².